The molecule has 0 unspecified atom stereocenters. The van der Waals surface area contributed by atoms with E-state index >= 15 is 0 Å². The highest BCUT2D eigenvalue weighted by molar-refractivity contribution is 7.89. The van der Waals surface area contributed by atoms with E-state index in [2.05, 4.69) is 0 Å². The summed E-state index contributed by atoms with van der Waals surface area (Å²) < 4.78 is 68.2. The molecule has 1 aliphatic rings. The molecule has 2 N–H and O–H groups in total. The molecule has 2 aromatic carbocycles. The number of hydrogen-bond acceptors (Lipinski definition) is 4. The number of urea groups is 1. The molecule has 1 aliphatic heterocycles. The van der Waals surface area contributed by atoms with Crippen LogP contribution in [0.4, 0.5) is 18.0 Å². The molecule has 0 aliphatic carbocycles. The van der Waals surface area contributed by atoms with Crippen molar-refractivity contribution < 1.29 is 31.2 Å². The van der Waals surface area contributed by atoms with Gasteiger partial charge in [0.25, 0.3) is 11.6 Å². The molecule has 154 valence electrons. The first kappa shape index (κ1) is 20.8. The molecule has 0 saturated carbocycles. The summed E-state index contributed by atoms with van der Waals surface area (Å²) in [5.74, 6) is -1.76. The van der Waals surface area contributed by atoms with Crippen molar-refractivity contribution in [2.75, 3.05) is 0 Å². The summed E-state index contributed by atoms with van der Waals surface area (Å²) in [6.07, 6.45) is -5.44. The van der Waals surface area contributed by atoms with Gasteiger partial charge < -0.3 is 5.32 Å². The Balaban J connectivity index is 2.04. The average molecular weight is 427 g/mol. The minimum atomic E-state index is -5.44. The van der Waals surface area contributed by atoms with Gasteiger partial charge in [-0.25, -0.2) is 13.2 Å². The summed E-state index contributed by atoms with van der Waals surface area (Å²) in [6.45, 7) is 1.37. The van der Waals surface area contributed by atoms with E-state index in [0.717, 1.165) is 12.1 Å². The van der Waals surface area contributed by atoms with Crippen LogP contribution in [0.5, 0.6) is 0 Å². The summed E-state index contributed by atoms with van der Waals surface area (Å²) in [7, 11) is -4.79. The smallest absolute Gasteiger partial charge is 0.303 e. The number of nitrogens with zero attached hydrogens (tertiary/aromatic N) is 1. The first-order chi connectivity index (χ1) is 13.5. The number of sulfonamides is 1. The maximum atomic E-state index is 13.9. The lowest BCUT2D eigenvalue weighted by molar-refractivity contribution is -0.198. The van der Waals surface area contributed by atoms with Gasteiger partial charge in [0.1, 0.15) is 0 Å². The van der Waals surface area contributed by atoms with Crippen molar-refractivity contribution in [3.8, 4) is 0 Å². The summed E-state index contributed by atoms with van der Waals surface area (Å²) >= 11 is 0. The number of carbonyl (C=O) groups is 2. The van der Waals surface area contributed by atoms with Crippen LogP contribution in [0.2, 0.25) is 0 Å². The molecular formula is C18H16F3N3O4S. The fourth-order valence-corrected chi connectivity index (χ4v) is 4.25. The van der Waals surface area contributed by atoms with Crippen LogP contribution in [0.25, 0.3) is 0 Å². The maximum Gasteiger partial charge on any atom is 0.435 e. The van der Waals surface area contributed by atoms with Crippen LogP contribution < -0.4 is 10.0 Å². The van der Waals surface area contributed by atoms with E-state index in [1.807, 2.05) is 0 Å². The van der Waals surface area contributed by atoms with E-state index in [-0.39, 0.29) is 0 Å². The van der Waals surface area contributed by atoms with Crippen molar-refractivity contribution in [2.24, 2.45) is 0 Å². The monoisotopic (exact) mass is 427 g/mol. The van der Waals surface area contributed by atoms with Gasteiger partial charge in [0.05, 0.1) is 10.9 Å². The van der Waals surface area contributed by atoms with Crippen LogP contribution in [-0.4, -0.2) is 37.1 Å². The first-order valence-corrected chi connectivity index (χ1v) is 9.84. The maximum absolute atomic E-state index is 13.9. The van der Waals surface area contributed by atoms with Gasteiger partial charge in [0.2, 0.25) is 10.0 Å². The second kappa shape index (κ2) is 7.16. The predicted octanol–water partition coefficient (Wildman–Crippen LogP) is 2.54. The van der Waals surface area contributed by atoms with Crippen molar-refractivity contribution in [1.82, 2.24) is 14.9 Å². The zero-order chi connectivity index (χ0) is 21.4. The Morgan fingerprint density at radius 1 is 1.00 bits per heavy atom. The molecule has 7 nitrogen and oxygen atoms in total. The number of nitrogens with one attached hydrogen (secondary N) is 2. The van der Waals surface area contributed by atoms with Crippen LogP contribution >= 0.6 is 0 Å². The number of rotatable bonds is 5. The van der Waals surface area contributed by atoms with Crippen molar-refractivity contribution in [3.05, 3.63) is 66.2 Å². The minimum absolute atomic E-state index is 0.357. The molecule has 0 aromatic heterocycles. The van der Waals surface area contributed by atoms with E-state index in [1.165, 1.54) is 47.3 Å². The molecule has 3 amide bonds. The zero-order valence-electron chi connectivity index (χ0n) is 15.0. The molecule has 0 spiro atoms. The third-order valence-electron chi connectivity index (χ3n) is 4.49. The topological polar surface area (TPSA) is 95.6 Å². The van der Waals surface area contributed by atoms with Crippen molar-refractivity contribution in [2.45, 2.75) is 29.7 Å². The second-order valence-electron chi connectivity index (χ2n) is 6.36. The standard InChI is InChI=1S/C18H16F3N3O4S/c1-12(13-8-4-2-5-9-13)24-15(25)17(18(19,20)21,22-16(24)26)23-29(27,28)14-10-6-3-7-11-14/h2-12,23H,1H3,(H,22,26)/t12-,17+/m0/s1. The highest BCUT2D eigenvalue weighted by atomic mass is 32.2. The van der Waals surface area contributed by atoms with E-state index in [4.69, 9.17) is 0 Å². The van der Waals surface area contributed by atoms with Crippen LogP contribution in [-0.2, 0) is 14.8 Å². The lowest BCUT2D eigenvalue weighted by Crippen LogP contribution is -2.69. The van der Waals surface area contributed by atoms with Gasteiger partial charge in [-0.1, -0.05) is 48.5 Å². The lowest BCUT2D eigenvalue weighted by atomic mass is 10.1. The van der Waals surface area contributed by atoms with Gasteiger partial charge in [-0.3, -0.25) is 9.69 Å². The van der Waals surface area contributed by atoms with Crippen LogP contribution in [0, 0.1) is 0 Å². The molecule has 0 bridgehead atoms. The Bertz CT molecular complexity index is 1030. The Labute approximate surface area is 164 Å². The van der Waals surface area contributed by atoms with Gasteiger partial charge in [-0.2, -0.15) is 17.9 Å². The SMILES string of the molecule is C[C@@H](c1ccccc1)N1C(=O)N[C@](NS(=O)(=O)c2ccccc2)(C(F)(F)F)C1=O. The van der Waals surface area contributed by atoms with Crippen LogP contribution in [0.1, 0.15) is 18.5 Å². The fourth-order valence-electron chi connectivity index (χ4n) is 2.96. The molecule has 1 saturated heterocycles. The molecule has 29 heavy (non-hydrogen) atoms. The third-order valence-corrected chi connectivity index (χ3v) is 5.96. The molecular weight excluding hydrogens is 411 g/mol. The van der Waals surface area contributed by atoms with E-state index in [0.29, 0.717) is 10.5 Å². The Kier molecular flexibility index (Phi) is 5.13. The molecule has 2 aromatic rings. The number of benzene rings is 2. The number of hydrogen-bond donors (Lipinski definition) is 2. The number of amides is 3. The number of carbonyl (C=O) groups excluding carboxylic acids is 2. The van der Waals surface area contributed by atoms with Gasteiger partial charge in [-0.05, 0) is 24.6 Å². The number of imide groups is 1. The summed E-state index contributed by atoms with van der Waals surface area (Å²) in [6, 6.07) is 11.7. The Morgan fingerprint density at radius 2 is 1.52 bits per heavy atom. The molecule has 3 rings (SSSR count). The van der Waals surface area contributed by atoms with Crippen molar-refractivity contribution in [3.63, 3.8) is 0 Å². The van der Waals surface area contributed by atoms with Gasteiger partial charge >= 0.3 is 12.2 Å². The predicted molar refractivity (Wildman–Crippen MR) is 95.8 cm³/mol. The minimum Gasteiger partial charge on any atom is -0.303 e. The normalized spacial score (nSPS) is 21.2. The average Bonchev–Trinajstić information content (AvgIpc) is 2.92. The van der Waals surface area contributed by atoms with E-state index < -0.39 is 44.7 Å². The summed E-state index contributed by atoms with van der Waals surface area (Å²) in [4.78, 5) is 25.0. The number of alkyl halides is 3. The molecule has 0 radical (unpaired) electrons. The molecule has 1 heterocycles. The highest BCUT2D eigenvalue weighted by Gasteiger charge is 2.70. The lowest BCUT2D eigenvalue weighted by Gasteiger charge is -2.30. The van der Waals surface area contributed by atoms with Crippen molar-refractivity contribution >= 4 is 22.0 Å². The Morgan fingerprint density at radius 3 is 2.03 bits per heavy atom. The van der Waals surface area contributed by atoms with Gasteiger partial charge in [-0.15, -0.1) is 0 Å². The van der Waals surface area contributed by atoms with E-state index in [9.17, 15) is 31.2 Å². The van der Waals surface area contributed by atoms with E-state index in [1.54, 1.807) is 18.2 Å². The molecule has 1 fully saturated rings. The second-order valence-corrected chi connectivity index (χ2v) is 8.04. The Hall–Kier alpha value is -2.92. The largest absolute Gasteiger partial charge is 0.435 e. The summed E-state index contributed by atoms with van der Waals surface area (Å²) in [5.41, 5.74) is -3.41. The van der Waals surface area contributed by atoms with Gasteiger partial charge in [0.15, 0.2) is 0 Å². The highest BCUT2D eigenvalue weighted by Crippen LogP contribution is 2.38. The van der Waals surface area contributed by atoms with Gasteiger partial charge in [0, 0.05) is 0 Å². The number of halogens is 3. The summed E-state index contributed by atoms with van der Waals surface area (Å²) in [5, 5.41) is 1.51. The van der Waals surface area contributed by atoms with Crippen molar-refractivity contribution in [1.29, 1.82) is 0 Å². The van der Waals surface area contributed by atoms with Crippen LogP contribution in [0.3, 0.4) is 0 Å². The quantitative estimate of drug-likeness (QED) is 0.717. The zero-order valence-corrected chi connectivity index (χ0v) is 15.8. The third kappa shape index (κ3) is 3.58. The first-order valence-electron chi connectivity index (χ1n) is 8.36. The molecule has 2 atom stereocenters. The fraction of sp³-hybridized carbons (Fsp3) is 0.222. The van der Waals surface area contributed by atoms with Crippen LogP contribution in [0.15, 0.2) is 65.6 Å². The molecule has 11 heteroatoms.